The van der Waals surface area contributed by atoms with Crippen LogP contribution in [0.3, 0.4) is 0 Å². The summed E-state index contributed by atoms with van der Waals surface area (Å²) in [6.07, 6.45) is 1.68. The monoisotopic (exact) mass is 257 g/mol. The summed E-state index contributed by atoms with van der Waals surface area (Å²) in [5, 5.41) is 2.91. The van der Waals surface area contributed by atoms with Crippen LogP contribution in [0.1, 0.15) is 33.6 Å². The quantitative estimate of drug-likeness (QED) is 0.720. The van der Waals surface area contributed by atoms with E-state index in [1.165, 1.54) is 0 Å². The van der Waals surface area contributed by atoms with Gasteiger partial charge in [-0.2, -0.15) is 0 Å². The van der Waals surface area contributed by atoms with E-state index in [-0.39, 0.29) is 17.5 Å². The Kier molecular flexibility index (Phi) is 6.05. The van der Waals surface area contributed by atoms with Gasteiger partial charge in [0.15, 0.2) is 0 Å². The SMILES string of the molecule is CCCC(N)C(=O)NCCN1CCOCC1(C)C. The zero-order valence-corrected chi connectivity index (χ0v) is 11.9. The van der Waals surface area contributed by atoms with Crippen LogP contribution in [0.15, 0.2) is 0 Å². The molecule has 5 nitrogen and oxygen atoms in total. The maximum absolute atomic E-state index is 11.7. The van der Waals surface area contributed by atoms with Crippen LogP contribution in [0.5, 0.6) is 0 Å². The lowest BCUT2D eigenvalue weighted by Crippen LogP contribution is -2.55. The van der Waals surface area contributed by atoms with Crippen LogP contribution in [0, 0.1) is 0 Å². The molecule has 106 valence electrons. The average Bonchev–Trinajstić information content (AvgIpc) is 2.31. The molecule has 3 N–H and O–H groups in total. The fourth-order valence-electron chi connectivity index (χ4n) is 2.19. The van der Waals surface area contributed by atoms with Gasteiger partial charge in [-0.3, -0.25) is 9.69 Å². The van der Waals surface area contributed by atoms with Crippen molar-refractivity contribution in [2.24, 2.45) is 5.73 Å². The molecule has 1 heterocycles. The number of morpholine rings is 1. The lowest BCUT2D eigenvalue weighted by atomic mass is 10.0. The zero-order chi connectivity index (χ0) is 13.6. The van der Waals surface area contributed by atoms with Gasteiger partial charge < -0.3 is 15.8 Å². The molecule has 0 aromatic heterocycles. The van der Waals surface area contributed by atoms with Gasteiger partial charge in [-0.1, -0.05) is 13.3 Å². The third kappa shape index (κ3) is 4.55. The van der Waals surface area contributed by atoms with Crippen molar-refractivity contribution in [1.82, 2.24) is 10.2 Å². The fraction of sp³-hybridized carbons (Fsp3) is 0.923. The van der Waals surface area contributed by atoms with E-state index >= 15 is 0 Å². The first kappa shape index (κ1) is 15.4. The van der Waals surface area contributed by atoms with Crippen molar-refractivity contribution in [1.29, 1.82) is 0 Å². The van der Waals surface area contributed by atoms with Gasteiger partial charge in [0, 0.05) is 25.2 Å². The topological polar surface area (TPSA) is 67.6 Å². The molecule has 1 amide bonds. The number of hydrogen-bond donors (Lipinski definition) is 2. The van der Waals surface area contributed by atoms with Crippen molar-refractivity contribution in [3.05, 3.63) is 0 Å². The number of nitrogens with two attached hydrogens (primary N) is 1. The number of ether oxygens (including phenoxy) is 1. The van der Waals surface area contributed by atoms with Gasteiger partial charge in [0.25, 0.3) is 0 Å². The lowest BCUT2D eigenvalue weighted by Gasteiger charge is -2.42. The summed E-state index contributed by atoms with van der Waals surface area (Å²) in [6.45, 7) is 10.3. The number of nitrogens with zero attached hydrogens (tertiary/aromatic N) is 1. The molecule has 1 rings (SSSR count). The second kappa shape index (κ2) is 7.07. The van der Waals surface area contributed by atoms with Crippen molar-refractivity contribution in [2.75, 3.05) is 32.8 Å². The molecule has 0 saturated carbocycles. The second-order valence-electron chi connectivity index (χ2n) is 5.54. The molecule has 0 radical (unpaired) electrons. The van der Waals surface area contributed by atoms with Crippen LogP contribution in [-0.2, 0) is 9.53 Å². The van der Waals surface area contributed by atoms with E-state index in [0.29, 0.717) is 6.54 Å². The van der Waals surface area contributed by atoms with E-state index in [9.17, 15) is 4.79 Å². The van der Waals surface area contributed by atoms with Crippen LogP contribution >= 0.6 is 0 Å². The molecule has 0 aromatic carbocycles. The first-order chi connectivity index (χ1) is 8.47. The van der Waals surface area contributed by atoms with Crippen LogP contribution in [0.25, 0.3) is 0 Å². The molecule has 1 unspecified atom stereocenters. The number of carbonyl (C=O) groups excluding carboxylic acids is 1. The number of hydrogen-bond acceptors (Lipinski definition) is 4. The van der Waals surface area contributed by atoms with Crippen molar-refractivity contribution in [3.8, 4) is 0 Å². The van der Waals surface area contributed by atoms with Crippen molar-refractivity contribution < 1.29 is 9.53 Å². The highest BCUT2D eigenvalue weighted by Gasteiger charge is 2.29. The van der Waals surface area contributed by atoms with Crippen molar-refractivity contribution in [2.45, 2.75) is 45.2 Å². The van der Waals surface area contributed by atoms with Gasteiger partial charge in [-0.05, 0) is 20.3 Å². The largest absolute Gasteiger partial charge is 0.378 e. The average molecular weight is 257 g/mol. The van der Waals surface area contributed by atoms with Crippen LogP contribution in [-0.4, -0.2) is 55.2 Å². The van der Waals surface area contributed by atoms with E-state index in [0.717, 1.165) is 39.1 Å². The van der Waals surface area contributed by atoms with Gasteiger partial charge in [0.05, 0.1) is 19.3 Å². The van der Waals surface area contributed by atoms with Crippen molar-refractivity contribution in [3.63, 3.8) is 0 Å². The molecule has 1 aliphatic rings. The molecule has 1 atom stereocenters. The molecule has 1 saturated heterocycles. The molecule has 18 heavy (non-hydrogen) atoms. The smallest absolute Gasteiger partial charge is 0.236 e. The van der Waals surface area contributed by atoms with Gasteiger partial charge >= 0.3 is 0 Å². The summed E-state index contributed by atoms with van der Waals surface area (Å²) >= 11 is 0. The van der Waals surface area contributed by atoms with E-state index in [4.69, 9.17) is 10.5 Å². The molecule has 1 fully saturated rings. The third-order valence-corrected chi connectivity index (χ3v) is 3.43. The first-order valence-electron chi connectivity index (χ1n) is 6.83. The van der Waals surface area contributed by atoms with Gasteiger partial charge in [-0.25, -0.2) is 0 Å². The van der Waals surface area contributed by atoms with Crippen LogP contribution < -0.4 is 11.1 Å². The summed E-state index contributed by atoms with van der Waals surface area (Å²) in [5.41, 5.74) is 5.80. The van der Waals surface area contributed by atoms with E-state index < -0.39 is 0 Å². The zero-order valence-electron chi connectivity index (χ0n) is 11.9. The number of amides is 1. The Morgan fingerprint density at radius 2 is 2.28 bits per heavy atom. The number of nitrogens with one attached hydrogen (secondary N) is 1. The minimum Gasteiger partial charge on any atom is -0.378 e. The van der Waals surface area contributed by atoms with E-state index in [1.807, 2.05) is 6.92 Å². The van der Waals surface area contributed by atoms with Gasteiger partial charge in [0.2, 0.25) is 5.91 Å². The lowest BCUT2D eigenvalue weighted by molar-refractivity contribution is -0.122. The predicted octanol–water partition coefficient (Wildman–Crippen LogP) is 0.341. The molecule has 0 aromatic rings. The van der Waals surface area contributed by atoms with Crippen molar-refractivity contribution >= 4 is 5.91 Å². The summed E-state index contributed by atoms with van der Waals surface area (Å²) in [7, 11) is 0. The fourth-order valence-corrected chi connectivity index (χ4v) is 2.19. The molecule has 5 heteroatoms. The Hall–Kier alpha value is -0.650. The molecule has 1 aliphatic heterocycles. The maximum atomic E-state index is 11.7. The minimum atomic E-state index is -0.368. The molecule has 0 bridgehead atoms. The molecular weight excluding hydrogens is 230 g/mol. The normalized spacial score (nSPS) is 21.6. The Balaban J connectivity index is 2.26. The summed E-state index contributed by atoms with van der Waals surface area (Å²) in [5.74, 6) is -0.0390. The minimum absolute atomic E-state index is 0.0390. The standard InChI is InChI=1S/C13H27N3O2/c1-4-5-11(14)12(17)15-6-7-16-8-9-18-10-13(16,2)3/h11H,4-10,14H2,1-3H3,(H,15,17). The first-order valence-corrected chi connectivity index (χ1v) is 6.83. The molecule has 0 aliphatic carbocycles. The summed E-state index contributed by atoms with van der Waals surface area (Å²) in [4.78, 5) is 14.0. The third-order valence-electron chi connectivity index (χ3n) is 3.43. The van der Waals surface area contributed by atoms with E-state index in [1.54, 1.807) is 0 Å². The van der Waals surface area contributed by atoms with Gasteiger partial charge in [-0.15, -0.1) is 0 Å². The molecular formula is C13H27N3O2. The summed E-state index contributed by atoms with van der Waals surface area (Å²) < 4.78 is 5.46. The van der Waals surface area contributed by atoms with E-state index in [2.05, 4.69) is 24.1 Å². The number of rotatable bonds is 6. The van der Waals surface area contributed by atoms with Gasteiger partial charge in [0.1, 0.15) is 0 Å². The highest BCUT2D eigenvalue weighted by molar-refractivity contribution is 5.81. The maximum Gasteiger partial charge on any atom is 0.236 e. The molecule has 0 spiro atoms. The second-order valence-corrected chi connectivity index (χ2v) is 5.54. The highest BCUT2D eigenvalue weighted by atomic mass is 16.5. The Morgan fingerprint density at radius 1 is 1.56 bits per heavy atom. The van der Waals surface area contributed by atoms with Crippen LogP contribution in [0.4, 0.5) is 0 Å². The Bertz CT molecular complexity index is 269. The number of carbonyl (C=O) groups is 1. The Labute approximate surface area is 110 Å². The highest BCUT2D eigenvalue weighted by Crippen LogP contribution is 2.17. The Morgan fingerprint density at radius 3 is 2.89 bits per heavy atom. The van der Waals surface area contributed by atoms with Crippen LogP contribution in [0.2, 0.25) is 0 Å². The summed E-state index contributed by atoms with van der Waals surface area (Å²) in [6, 6.07) is -0.368. The predicted molar refractivity (Wildman–Crippen MR) is 72.4 cm³/mol.